The molecule has 2 rings (SSSR count). The number of nitrogen functional groups attached to an aromatic ring is 1. The fourth-order valence-corrected chi connectivity index (χ4v) is 3.83. The molecular weight excluding hydrogens is 280 g/mol. The Labute approximate surface area is 118 Å². The highest BCUT2D eigenvalue weighted by Crippen LogP contribution is 2.24. The highest BCUT2D eigenvalue weighted by Gasteiger charge is 2.33. The van der Waals surface area contributed by atoms with Gasteiger partial charge in [0.15, 0.2) is 0 Å². The van der Waals surface area contributed by atoms with Crippen LogP contribution in [0, 0.1) is 5.92 Å². The second-order valence-corrected chi connectivity index (χ2v) is 6.73. The maximum absolute atomic E-state index is 12.5. The summed E-state index contributed by atoms with van der Waals surface area (Å²) in [4.78, 5) is 11.8. The third kappa shape index (κ3) is 2.94. The number of esters is 1. The zero-order chi connectivity index (χ0) is 14.8. The van der Waals surface area contributed by atoms with Crippen molar-refractivity contribution in [1.29, 1.82) is 0 Å². The fourth-order valence-electron chi connectivity index (χ4n) is 2.31. The summed E-state index contributed by atoms with van der Waals surface area (Å²) < 4.78 is 31.0. The topological polar surface area (TPSA) is 89.7 Å². The van der Waals surface area contributed by atoms with E-state index in [0.717, 1.165) is 0 Å². The molecule has 7 heteroatoms. The summed E-state index contributed by atoms with van der Waals surface area (Å²) in [6.07, 6.45) is 1.30. The van der Waals surface area contributed by atoms with E-state index >= 15 is 0 Å². The molecule has 1 aromatic carbocycles. The van der Waals surface area contributed by atoms with Crippen LogP contribution in [0.5, 0.6) is 0 Å². The smallest absolute Gasteiger partial charge is 0.309 e. The third-order valence-electron chi connectivity index (χ3n) is 3.44. The molecule has 0 aromatic heterocycles. The van der Waals surface area contributed by atoms with Gasteiger partial charge in [-0.1, -0.05) is 0 Å². The van der Waals surface area contributed by atoms with Crippen LogP contribution in [0.2, 0.25) is 0 Å². The standard InChI is InChI=1S/C13H18N2O4S/c1-19-13(16)10-3-2-8-15(9-10)20(17,18)12-6-4-11(14)5-7-12/h4-7,10H,2-3,8-9,14H2,1H3/t10-/m0/s1. The lowest BCUT2D eigenvalue weighted by Crippen LogP contribution is -2.42. The lowest BCUT2D eigenvalue weighted by atomic mass is 10.0. The SMILES string of the molecule is COC(=O)[C@H]1CCCN(S(=O)(=O)c2ccc(N)cc2)C1. The van der Waals surface area contributed by atoms with Crippen LogP contribution in [-0.4, -0.2) is 38.9 Å². The summed E-state index contributed by atoms with van der Waals surface area (Å²) >= 11 is 0. The molecule has 0 aliphatic carbocycles. The Morgan fingerprint density at radius 2 is 2.00 bits per heavy atom. The Hall–Kier alpha value is -1.60. The van der Waals surface area contributed by atoms with Crippen LogP contribution in [0.1, 0.15) is 12.8 Å². The van der Waals surface area contributed by atoms with Gasteiger partial charge >= 0.3 is 5.97 Å². The first-order valence-corrected chi connectivity index (χ1v) is 7.82. The highest BCUT2D eigenvalue weighted by molar-refractivity contribution is 7.89. The average molecular weight is 298 g/mol. The molecule has 0 saturated carbocycles. The summed E-state index contributed by atoms with van der Waals surface area (Å²) in [6.45, 7) is 0.583. The molecule has 1 aliphatic rings. The molecule has 0 unspecified atom stereocenters. The van der Waals surface area contributed by atoms with E-state index in [1.54, 1.807) is 12.1 Å². The number of anilines is 1. The van der Waals surface area contributed by atoms with Gasteiger partial charge in [-0.25, -0.2) is 8.42 Å². The van der Waals surface area contributed by atoms with E-state index in [9.17, 15) is 13.2 Å². The number of methoxy groups -OCH3 is 1. The molecule has 2 N–H and O–H groups in total. The molecule has 0 bridgehead atoms. The number of sulfonamides is 1. The Kier molecular flexibility index (Phi) is 4.29. The number of ether oxygens (including phenoxy) is 1. The number of nitrogens with zero attached hydrogens (tertiary/aromatic N) is 1. The lowest BCUT2D eigenvalue weighted by Gasteiger charge is -2.30. The zero-order valence-electron chi connectivity index (χ0n) is 11.3. The minimum atomic E-state index is -3.58. The summed E-state index contributed by atoms with van der Waals surface area (Å²) in [7, 11) is -2.27. The number of carbonyl (C=O) groups excluding carboxylic acids is 1. The largest absolute Gasteiger partial charge is 0.469 e. The number of benzene rings is 1. The van der Waals surface area contributed by atoms with E-state index in [4.69, 9.17) is 10.5 Å². The number of piperidine rings is 1. The Bertz CT molecular complexity index is 583. The predicted molar refractivity (Wildman–Crippen MR) is 74.4 cm³/mol. The molecule has 1 atom stereocenters. The highest BCUT2D eigenvalue weighted by atomic mass is 32.2. The van der Waals surface area contributed by atoms with Gasteiger partial charge in [-0.05, 0) is 37.1 Å². The van der Waals surface area contributed by atoms with Gasteiger partial charge in [-0.2, -0.15) is 4.31 Å². The number of rotatable bonds is 3. The molecule has 1 fully saturated rings. The van der Waals surface area contributed by atoms with Gasteiger partial charge in [0.2, 0.25) is 10.0 Å². The molecule has 1 heterocycles. The van der Waals surface area contributed by atoms with Crippen molar-refractivity contribution in [2.75, 3.05) is 25.9 Å². The van der Waals surface area contributed by atoms with Gasteiger partial charge in [-0.15, -0.1) is 0 Å². The maximum atomic E-state index is 12.5. The zero-order valence-corrected chi connectivity index (χ0v) is 12.1. The second kappa shape index (κ2) is 5.80. The van der Waals surface area contributed by atoms with Gasteiger partial charge in [0, 0.05) is 18.8 Å². The van der Waals surface area contributed by atoms with Gasteiger partial charge in [0.05, 0.1) is 17.9 Å². The Morgan fingerprint density at radius 1 is 1.35 bits per heavy atom. The molecule has 0 amide bonds. The van der Waals surface area contributed by atoms with Crippen molar-refractivity contribution in [3.8, 4) is 0 Å². The number of carbonyl (C=O) groups is 1. The normalized spacial score (nSPS) is 20.6. The minimum absolute atomic E-state index is 0.166. The molecule has 1 saturated heterocycles. The number of hydrogen-bond donors (Lipinski definition) is 1. The molecule has 1 aromatic rings. The molecule has 6 nitrogen and oxygen atoms in total. The summed E-state index contributed by atoms with van der Waals surface area (Å²) in [5.74, 6) is -0.750. The third-order valence-corrected chi connectivity index (χ3v) is 5.32. The summed E-state index contributed by atoms with van der Waals surface area (Å²) in [6, 6.07) is 6.06. The second-order valence-electron chi connectivity index (χ2n) is 4.79. The van der Waals surface area contributed by atoms with Crippen molar-refractivity contribution in [3.05, 3.63) is 24.3 Å². The quantitative estimate of drug-likeness (QED) is 0.660. The summed E-state index contributed by atoms with van der Waals surface area (Å²) in [5, 5.41) is 0. The van der Waals surface area contributed by atoms with Crippen LogP contribution in [0.3, 0.4) is 0 Å². The first-order valence-electron chi connectivity index (χ1n) is 6.38. The van der Waals surface area contributed by atoms with E-state index in [0.29, 0.717) is 25.1 Å². The van der Waals surface area contributed by atoms with Crippen molar-refractivity contribution in [2.45, 2.75) is 17.7 Å². The first kappa shape index (κ1) is 14.8. The minimum Gasteiger partial charge on any atom is -0.469 e. The van der Waals surface area contributed by atoms with Gasteiger partial charge in [-0.3, -0.25) is 4.79 Å². The van der Waals surface area contributed by atoms with E-state index in [-0.39, 0.29) is 17.4 Å². The molecule has 0 radical (unpaired) electrons. The fraction of sp³-hybridized carbons (Fsp3) is 0.462. The van der Waals surface area contributed by atoms with Crippen molar-refractivity contribution in [2.24, 2.45) is 5.92 Å². The molecule has 110 valence electrons. The first-order chi connectivity index (χ1) is 9.45. The van der Waals surface area contributed by atoms with Crippen molar-refractivity contribution < 1.29 is 17.9 Å². The van der Waals surface area contributed by atoms with Crippen LogP contribution in [0.4, 0.5) is 5.69 Å². The number of hydrogen-bond acceptors (Lipinski definition) is 5. The average Bonchev–Trinajstić information content (AvgIpc) is 2.47. The maximum Gasteiger partial charge on any atom is 0.309 e. The molecule has 1 aliphatic heterocycles. The van der Waals surface area contributed by atoms with Crippen LogP contribution >= 0.6 is 0 Å². The van der Waals surface area contributed by atoms with Crippen LogP contribution in [0.25, 0.3) is 0 Å². The van der Waals surface area contributed by atoms with Gasteiger partial charge in [0.1, 0.15) is 0 Å². The van der Waals surface area contributed by atoms with E-state index < -0.39 is 15.9 Å². The van der Waals surface area contributed by atoms with Gasteiger partial charge < -0.3 is 10.5 Å². The molecule has 20 heavy (non-hydrogen) atoms. The van der Waals surface area contributed by atoms with Crippen LogP contribution < -0.4 is 5.73 Å². The van der Waals surface area contributed by atoms with Crippen molar-refractivity contribution in [1.82, 2.24) is 4.31 Å². The Morgan fingerprint density at radius 3 is 2.60 bits per heavy atom. The molecular formula is C13H18N2O4S. The predicted octanol–water partition coefficient (Wildman–Crippen LogP) is 0.842. The Balaban J connectivity index is 2.21. The molecule has 0 spiro atoms. The van der Waals surface area contributed by atoms with E-state index in [1.807, 2.05) is 0 Å². The number of nitrogens with two attached hydrogens (primary N) is 1. The lowest BCUT2D eigenvalue weighted by molar-refractivity contribution is -0.146. The van der Waals surface area contributed by atoms with E-state index in [1.165, 1.54) is 23.5 Å². The van der Waals surface area contributed by atoms with Crippen LogP contribution in [-0.2, 0) is 19.6 Å². The summed E-state index contributed by atoms with van der Waals surface area (Å²) in [5.41, 5.74) is 6.07. The van der Waals surface area contributed by atoms with Crippen molar-refractivity contribution >= 4 is 21.7 Å². The van der Waals surface area contributed by atoms with Gasteiger partial charge in [0.25, 0.3) is 0 Å². The van der Waals surface area contributed by atoms with Crippen molar-refractivity contribution in [3.63, 3.8) is 0 Å². The monoisotopic (exact) mass is 298 g/mol. The van der Waals surface area contributed by atoms with E-state index in [2.05, 4.69) is 0 Å². The van der Waals surface area contributed by atoms with Crippen LogP contribution in [0.15, 0.2) is 29.2 Å².